The van der Waals surface area contributed by atoms with Crippen molar-refractivity contribution in [3.8, 4) is 11.5 Å². The number of rotatable bonds is 12. The predicted molar refractivity (Wildman–Crippen MR) is 134 cm³/mol. The van der Waals surface area contributed by atoms with E-state index in [0.29, 0.717) is 48.9 Å². The molecule has 1 saturated heterocycles. The zero-order valence-electron chi connectivity index (χ0n) is 21.0. The Morgan fingerprint density at radius 3 is 2.37 bits per heavy atom. The van der Waals surface area contributed by atoms with Crippen molar-refractivity contribution < 1.29 is 24.2 Å². The van der Waals surface area contributed by atoms with Crippen LogP contribution in [0.4, 0.5) is 0 Å². The van der Waals surface area contributed by atoms with Gasteiger partial charge in [-0.25, -0.2) is 0 Å². The Kier molecular flexibility index (Phi) is 9.25. The van der Waals surface area contributed by atoms with Gasteiger partial charge in [-0.1, -0.05) is 26.8 Å². The van der Waals surface area contributed by atoms with E-state index in [1.54, 1.807) is 29.2 Å². The van der Waals surface area contributed by atoms with Gasteiger partial charge in [-0.05, 0) is 56.3 Å². The highest BCUT2D eigenvalue weighted by Crippen LogP contribution is 2.42. The maximum atomic E-state index is 13.2. The van der Waals surface area contributed by atoms with Crippen LogP contribution in [-0.4, -0.2) is 71.0 Å². The summed E-state index contributed by atoms with van der Waals surface area (Å²) in [6, 6.07) is 7.90. The number of aliphatic hydroxyl groups is 1. The number of carbonyl (C=O) groups excluding carboxylic acids is 2. The lowest BCUT2D eigenvalue weighted by molar-refractivity contribution is -0.140. The van der Waals surface area contributed by atoms with Crippen molar-refractivity contribution in [2.24, 2.45) is 0 Å². The molecular formula is C27H35N3O5. The number of pyridine rings is 1. The third-order valence-electron chi connectivity index (χ3n) is 6.09. The van der Waals surface area contributed by atoms with Gasteiger partial charge in [-0.15, -0.1) is 0 Å². The van der Waals surface area contributed by atoms with E-state index in [1.807, 2.05) is 19.9 Å². The number of hydrogen-bond acceptors (Lipinski definition) is 7. The van der Waals surface area contributed by atoms with Crippen LogP contribution in [-0.2, 0) is 9.59 Å². The fraction of sp³-hybridized carbons (Fsp3) is 0.444. The molecule has 3 rings (SSSR count). The topological polar surface area (TPSA) is 92.2 Å². The second kappa shape index (κ2) is 12.4. The zero-order valence-corrected chi connectivity index (χ0v) is 21.0. The van der Waals surface area contributed by atoms with Crippen LogP contribution in [0.3, 0.4) is 0 Å². The molecule has 1 N–H and O–H groups in total. The first-order valence-electron chi connectivity index (χ1n) is 12.3. The Bertz CT molecular complexity index is 1050. The van der Waals surface area contributed by atoms with E-state index < -0.39 is 17.7 Å². The van der Waals surface area contributed by atoms with Crippen LogP contribution >= 0.6 is 0 Å². The number of likely N-dealkylation sites (N-methyl/N-ethyl adjacent to an activating group) is 1. The van der Waals surface area contributed by atoms with Crippen LogP contribution in [0.25, 0.3) is 5.76 Å². The minimum absolute atomic E-state index is 0.0606. The molecule has 1 aromatic heterocycles. The van der Waals surface area contributed by atoms with Gasteiger partial charge in [0.25, 0.3) is 11.7 Å². The molecule has 0 aliphatic carbocycles. The van der Waals surface area contributed by atoms with E-state index >= 15 is 0 Å². The number of amides is 1. The number of ketones is 1. The molecule has 1 fully saturated rings. The predicted octanol–water partition coefficient (Wildman–Crippen LogP) is 4.03. The number of nitrogens with zero attached hydrogens (tertiary/aromatic N) is 3. The second-order valence-electron chi connectivity index (χ2n) is 8.24. The smallest absolute Gasteiger partial charge is 0.295 e. The lowest BCUT2D eigenvalue weighted by atomic mass is 9.95. The van der Waals surface area contributed by atoms with Gasteiger partial charge in [0.05, 0.1) is 24.8 Å². The van der Waals surface area contributed by atoms with Gasteiger partial charge in [0.2, 0.25) is 0 Å². The van der Waals surface area contributed by atoms with Crippen LogP contribution in [0, 0.1) is 0 Å². The van der Waals surface area contributed by atoms with Gasteiger partial charge in [0.1, 0.15) is 5.76 Å². The van der Waals surface area contributed by atoms with Gasteiger partial charge >= 0.3 is 0 Å². The molecule has 0 bridgehead atoms. The highest BCUT2D eigenvalue weighted by Gasteiger charge is 2.46. The third kappa shape index (κ3) is 5.82. The van der Waals surface area contributed by atoms with Crippen molar-refractivity contribution in [3.05, 3.63) is 59.4 Å². The maximum Gasteiger partial charge on any atom is 0.295 e. The van der Waals surface area contributed by atoms with Crippen LogP contribution in [0.2, 0.25) is 0 Å². The summed E-state index contributed by atoms with van der Waals surface area (Å²) in [5.41, 5.74) is 1.16. The van der Waals surface area contributed by atoms with Gasteiger partial charge in [-0.3, -0.25) is 14.6 Å². The van der Waals surface area contributed by atoms with Crippen LogP contribution in [0.15, 0.2) is 48.3 Å². The monoisotopic (exact) mass is 481 g/mol. The summed E-state index contributed by atoms with van der Waals surface area (Å²) < 4.78 is 11.7. The summed E-state index contributed by atoms with van der Waals surface area (Å²) in [4.78, 5) is 34.1. The Balaban J connectivity index is 2.12. The third-order valence-corrected chi connectivity index (χ3v) is 6.09. The Morgan fingerprint density at radius 2 is 1.74 bits per heavy atom. The number of aliphatic hydroxyl groups excluding tert-OH is 1. The molecule has 1 amide bonds. The van der Waals surface area contributed by atoms with Crippen LogP contribution in [0.5, 0.6) is 11.5 Å². The molecule has 0 spiro atoms. The molecule has 1 aliphatic rings. The summed E-state index contributed by atoms with van der Waals surface area (Å²) in [7, 11) is 0. The molecule has 0 radical (unpaired) electrons. The molecule has 1 aromatic carbocycles. The highest BCUT2D eigenvalue weighted by molar-refractivity contribution is 6.46. The average molecular weight is 482 g/mol. The van der Waals surface area contributed by atoms with E-state index in [4.69, 9.17) is 9.47 Å². The second-order valence-corrected chi connectivity index (χ2v) is 8.24. The van der Waals surface area contributed by atoms with E-state index in [-0.39, 0.29) is 11.3 Å². The van der Waals surface area contributed by atoms with Crippen molar-refractivity contribution in [1.29, 1.82) is 0 Å². The summed E-state index contributed by atoms with van der Waals surface area (Å²) in [5, 5.41) is 11.2. The first-order valence-corrected chi connectivity index (χ1v) is 12.3. The Labute approximate surface area is 207 Å². The molecular weight excluding hydrogens is 446 g/mol. The van der Waals surface area contributed by atoms with Crippen LogP contribution in [0.1, 0.15) is 51.3 Å². The molecule has 35 heavy (non-hydrogen) atoms. The summed E-state index contributed by atoms with van der Waals surface area (Å²) in [5.74, 6) is -0.399. The minimum atomic E-state index is -0.752. The zero-order chi connectivity index (χ0) is 25.4. The van der Waals surface area contributed by atoms with Gasteiger partial charge in [-0.2, -0.15) is 0 Å². The fourth-order valence-electron chi connectivity index (χ4n) is 4.21. The van der Waals surface area contributed by atoms with Crippen molar-refractivity contribution >= 4 is 17.4 Å². The number of ether oxygens (including phenoxy) is 2. The number of aromatic nitrogens is 1. The number of carbonyl (C=O) groups is 2. The SMILES string of the molecule is CCCOc1ccc(C2/C(=C(\O)c3ccncc3)C(=O)C(=O)N2CCN(CC)CC)cc1OCC. The van der Waals surface area contributed by atoms with Crippen molar-refractivity contribution in [1.82, 2.24) is 14.8 Å². The fourth-order valence-corrected chi connectivity index (χ4v) is 4.21. The summed E-state index contributed by atoms with van der Waals surface area (Å²) in [6.07, 6.45) is 3.92. The molecule has 0 saturated carbocycles. The molecule has 8 heteroatoms. The maximum absolute atomic E-state index is 13.2. The first kappa shape index (κ1) is 26.2. The van der Waals surface area contributed by atoms with E-state index in [2.05, 4.69) is 23.7 Å². The van der Waals surface area contributed by atoms with E-state index in [1.165, 1.54) is 12.4 Å². The molecule has 2 aromatic rings. The molecule has 8 nitrogen and oxygen atoms in total. The first-order chi connectivity index (χ1) is 17.0. The minimum Gasteiger partial charge on any atom is -0.507 e. The van der Waals surface area contributed by atoms with E-state index in [9.17, 15) is 14.7 Å². The van der Waals surface area contributed by atoms with Gasteiger partial charge in [0.15, 0.2) is 11.5 Å². The number of hydrogen-bond donors (Lipinski definition) is 1. The lowest BCUT2D eigenvalue weighted by Gasteiger charge is -2.28. The van der Waals surface area contributed by atoms with Gasteiger partial charge in [0, 0.05) is 31.0 Å². The lowest BCUT2D eigenvalue weighted by Crippen LogP contribution is -2.38. The van der Waals surface area contributed by atoms with Crippen molar-refractivity contribution in [2.45, 2.75) is 40.2 Å². The average Bonchev–Trinajstić information content (AvgIpc) is 3.13. The highest BCUT2D eigenvalue weighted by atomic mass is 16.5. The molecule has 1 aliphatic heterocycles. The largest absolute Gasteiger partial charge is 0.507 e. The van der Waals surface area contributed by atoms with Crippen molar-refractivity contribution in [3.63, 3.8) is 0 Å². The van der Waals surface area contributed by atoms with Crippen LogP contribution < -0.4 is 9.47 Å². The quantitative estimate of drug-likeness (QED) is 0.278. The van der Waals surface area contributed by atoms with E-state index in [0.717, 1.165) is 19.5 Å². The van der Waals surface area contributed by atoms with Gasteiger partial charge < -0.3 is 24.4 Å². The Hall–Kier alpha value is -3.39. The molecule has 2 heterocycles. The Morgan fingerprint density at radius 1 is 1.03 bits per heavy atom. The summed E-state index contributed by atoms with van der Waals surface area (Å²) >= 11 is 0. The summed E-state index contributed by atoms with van der Waals surface area (Å²) in [6.45, 7) is 11.6. The molecule has 188 valence electrons. The molecule has 1 unspecified atom stereocenters. The number of likely N-dealkylation sites (tertiary alicyclic amines) is 1. The molecule has 1 atom stereocenters. The normalized spacial score (nSPS) is 17.3. The number of Topliss-reactive ketones (excluding diaryl/α,β-unsaturated/α-hetero) is 1. The standard InChI is InChI=1S/C27H35N3O5/c1-5-17-35-21-10-9-20(18-22(21)34-8-4)24-23(25(31)19-11-13-28-14-12-19)26(32)27(33)30(24)16-15-29(6-2)7-3/h9-14,18,24,31H,5-8,15-17H2,1-4H3/b25-23+. The number of benzene rings is 1. The van der Waals surface area contributed by atoms with Crippen molar-refractivity contribution in [2.75, 3.05) is 39.4 Å².